The number of hydrogen-bond donors (Lipinski definition) is 0. The van der Waals surface area contributed by atoms with Gasteiger partial charge in [0.25, 0.3) is 0 Å². The van der Waals surface area contributed by atoms with Gasteiger partial charge in [0.1, 0.15) is 0 Å². The van der Waals surface area contributed by atoms with E-state index in [2.05, 4.69) is 31.2 Å². The van der Waals surface area contributed by atoms with Gasteiger partial charge >= 0.3 is 0 Å². The quantitative estimate of drug-likeness (QED) is 0.691. The molecule has 2 heteroatoms. The first-order chi connectivity index (χ1) is 10.7. The van der Waals surface area contributed by atoms with Crippen molar-refractivity contribution in [3.05, 3.63) is 70.3 Å². The highest BCUT2D eigenvalue weighted by Gasteiger charge is 2.22. The third-order valence-corrected chi connectivity index (χ3v) is 4.74. The molecule has 0 aromatic heterocycles. The second-order valence-corrected chi connectivity index (χ2v) is 6.32. The van der Waals surface area contributed by atoms with E-state index in [4.69, 9.17) is 0 Å². The molecule has 1 aliphatic rings. The molecule has 0 bridgehead atoms. The summed E-state index contributed by atoms with van der Waals surface area (Å²) < 4.78 is 26.7. The van der Waals surface area contributed by atoms with Gasteiger partial charge in [-0.05, 0) is 72.4 Å². The van der Waals surface area contributed by atoms with Crippen LogP contribution in [0.1, 0.15) is 54.4 Å². The van der Waals surface area contributed by atoms with E-state index >= 15 is 0 Å². The highest BCUT2D eigenvalue weighted by Crippen LogP contribution is 2.33. The summed E-state index contributed by atoms with van der Waals surface area (Å²) >= 11 is 0. The molecule has 1 aliphatic carbocycles. The lowest BCUT2D eigenvalue weighted by atomic mass is 9.80. The minimum absolute atomic E-state index is 0.414. The van der Waals surface area contributed by atoms with Crippen molar-refractivity contribution in [3.63, 3.8) is 0 Å². The van der Waals surface area contributed by atoms with Gasteiger partial charge in [-0.25, -0.2) is 8.78 Å². The van der Waals surface area contributed by atoms with Crippen LogP contribution in [0.4, 0.5) is 8.78 Å². The highest BCUT2D eigenvalue weighted by atomic mass is 19.2. The SMILES string of the molecule is CCCCc1ccc(C2CCc3cc(F)c(F)cc3C2)cc1. The molecule has 2 aromatic rings. The van der Waals surface area contributed by atoms with Crippen molar-refractivity contribution in [2.45, 2.75) is 51.4 Å². The maximum Gasteiger partial charge on any atom is 0.159 e. The molecular formula is C20H22F2. The van der Waals surface area contributed by atoms with Crippen LogP contribution in [0.3, 0.4) is 0 Å². The average Bonchev–Trinajstić information content (AvgIpc) is 2.54. The third kappa shape index (κ3) is 3.21. The number of unbranched alkanes of at least 4 members (excludes halogenated alkanes) is 1. The van der Waals surface area contributed by atoms with Gasteiger partial charge in [0.05, 0.1) is 0 Å². The number of benzene rings is 2. The summed E-state index contributed by atoms with van der Waals surface area (Å²) in [5, 5.41) is 0. The van der Waals surface area contributed by atoms with Crippen LogP contribution >= 0.6 is 0 Å². The van der Waals surface area contributed by atoms with Crippen molar-refractivity contribution in [2.75, 3.05) is 0 Å². The van der Waals surface area contributed by atoms with Gasteiger partial charge in [0.2, 0.25) is 0 Å². The van der Waals surface area contributed by atoms with Crippen molar-refractivity contribution >= 4 is 0 Å². The molecule has 116 valence electrons. The Labute approximate surface area is 131 Å². The van der Waals surface area contributed by atoms with Gasteiger partial charge in [0.15, 0.2) is 11.6 Å². The van der Waals surface area contributed by atoms with Crippen molar-refractivity contribution < 1.29 is 8.78 Å². The maximum absolute atomic E-state index is 13.4. The number of hydrogen-bond acceptors (Lipinski definition) is 0. The molecule has 0 radical (unpaired) electrons. The van der Waals surface area contributed by atoms with E-state index in [1.54, 1.807) is 0 Å². The molecular weight excluding hydrogens is 278 g/mol. The molecule has 0 amide bonds. The Morgan fingerprint density at radius 1 is 1.00 bits per heavy atom. The van der Waals surface area contributed by atoms with Crippen LogP contribution in [0, 0.1) is 11.6 Å². The summed E-state index contributed by atoms with van der Waals surface area (Å²) in [6.07, 6.45) is 6.21. The van der Waals surface area contributed by atoms with Crippen LogP contribution in [-0.2, 0) is 19.3 Å². The van der Waals surface area contributed by atoms with E-state index in [0.29, 0.717) is 5.92 Å². The molecule has 22 heavy (non-hydrogen) atoms. The molecule has 0 saturated heterocycles. The number of halogens is 2. The largest absolute Gasteiger partial charge is 0.204 e. The summed E-state index contributed by atoms with van der Waals surface area (Å²) in [5.41, 5.74) is 4.63. The lowest BCUT2D eigenvalue weighted by Gasteiger charge is -2.25. The van der Waals surface area contributed by atoms with E-state index < -0.39 is 11.6 Å². The molecule has 2 aromatic carbocycles. The van der Waals surface area contributed by atoms with Gasteiger partial charge in [0, 0.05) is 0 Å². The zero-order chi connectivity index (χ0) is 15.5. The smallest absolute Gasteiger partial charge is 0.159 e. The standard InChI is InChI=1S/C20H22F2/c1-2-3-4-14-5-7-15(8-6-14)16-9-10-17-12-19(21)20(22)13-18(17)11-16/h5-8,12-13,16H,2-4,9-11H2,1H3. The van der Waals surface area contributed by atoms with E-state index in [1.807, 2.05) is 0 Å². The summed E-state index contributed by atoms with van der Waals surface area (Å²) in [5.74, 6) is -1.04. The maximum atomic E-state index is 13.4. The molecule has 0 heterocycles. The zero-order valence-corrected chi connectivity index (χ0v) is 13.0. The number of rotatable bonds is 4. The van der Waals surface area contributed by atoms with E-state index in [0.717, 1.165) is 36.8 Å². The monoisotopic (exact) mass is 300 g/mol. The Bertz CT molecular complexity index is 644. The molecule has 0 spiro atoms. The molecule has 1 unspecified atom stereocenters. The van der Waals surface area contributed by atoms with Crippen LogP contribution in [0.15, 0.2) is 36.4 Å². The van der Waals surface area contributed by atoms with E-state index in [9.17, 15) is 8.78 Å². The molecule has 0 aliphatic heterocycles. The van der Waals surface area contributed by atoms with Crippen LogP contribution in [-0.4, -0.2) is 0 Å². The van der Waals surface area contributed by atoms with Gasteiger partial charge in [-0.15, -0.1) is 0 Å². The van der Waals surface area contributed by atoms with Crippen LogP contribution in [0.5, 0.6) is 0 Å². The zero-order valence-electron chi connectivity index (χ0n) is 13.0. The summed E-state index contributed by atoms with van der Waals surface area (Å²) in [6.45, 7) is 2.20. The van der Waals surface area contributed by atoms with Crippen LogP contribution in [0.25, 0.3) is 0 Å². The average molecular weight is 300 g/mol. The molecule has 0 N–H and O–H groups in total. The fraction of sp³-hybridized carbons (Fsp3) is 0.400. The van der Waals surface area contributed by atoms with Crippen molar-refractivity contribution in [1.82, 2.24) is 0 Å². The predicted octanol–water partition coefficient (Wildman–Crippen LogP) is 5.58. The van der Waals surface area contributed by atoms with Crippen molar-refractivity contribution in [2.24, 2.45) is 0 Å². The molecule has 0 nitrogen and oxygen atoms in total. The van der Waals surface area contributed by atoms with E-state index in [1.165, 1.54) is 36.1 Å². The number of fused-ring (bicyclic) bond motifs is 1. The van der Waals surface area contributed by atoms with Crippen molar-refractivity contribution in [1.29, 1.82) is 0 Å². The van der Waals surface area contributed by atoms with Crippen LogP contribution < -0.4 is 0 Å². The van der Waals surface area contributed by atoms with Gasteiger partial charge in [-0.3, -0.25) is 0 Å². The summed E-state index contributed by atoms with van der Waals surface area (Å²) in [4.78, 5) is 0. The van der Waals surface area contributed by atoms with Gasteiger partial charge < -0.3 is 0 Å². The lowest BCUT2D eigenvalue weighted by molar-refractivity contribution is 0.496. The Morgan fingerprint density at radius 3 is 2.36 bits per heavy atom. The Balaban J connectivity index is 1.75. The van der Waals surface area contributed by atoms with Crippen LogP contribution in [0.2, 0.25) is 0 Å². The normalized spacial score (nSPS) is 17.3. The number of aryl methyl sites for hydroxylation is 2. The van der Waals surface area contributed by atoms with Crippen molar-refractivity contribution in [3.8, 4) is 0 Å². The molecule has 3 rings (SSSR count). The van der Waals surface area contributed by atoms with Gasteiger partial charge in [-0.2, -0.15) is 0 Å². The first-order valence-corrected chi connectivity index (χ1v) is 8.23. The third-order valence-electron chi connectivity index (χ3n) is 4.74. The molecule has 0 saturated carbocycles. The minimum atomic E-state index is -0.727. The topological polar surface area (TPSA) is 0 Å². The highest BCUT2D eigenvalue weighted by molar-refractivity contribution is 5.35. The Hall–Kier alpha value is -1.70. The first kappa shape index (κ1) is 15.2. The Morgan fingerprint density at radius 2 is 1.68 bits per heavy atom. The fourth-order valence-electron chi connectivity index (χ4n) is 3.37. The first-order valence-electron chi connectivity index (χ1n) is 8.23. The molecule has 0 fully saturated rings. The minimum Gasteiger partial charge on any atom is -0.204 e. The fourth-order valence-corrected chi connectivity index (χ4v) is 3.37. The second-order valence-electron chi connectivity index (χ2n) is 6.32. The summed E-state index contributed by atoms with van der Waals surface area (Å²) in [7, 11) is 0. The van der Waals surface area contributed by atoms with E-state index in [-0.39, 0.29) is 0 Å². The predicted molar refractivity (Wildman–Crippen MR) is 86.2 cm³/mol. The van der Waals surface area contributed by atoms with Gasteiger partial charge in [-0.1, -0.05) is 37.6 Å². The second kappa shape index (κ2) is 6.60. The Kier molecular flexibility index (Phi) is 4.56. The molecule has 1 atom stereocenters. The summed E-state index contributed by atoms with van der Waals surface area (Å²) in [6, 6.07) is 11.6. The lowest BCUT2D eigenvalue weighted by Crippen LogP contribution is -2.13.